The molecular weight excluding hydrogens is 250 g/mol. The van der Waals surface area contributed by atoms with Crippen LogP contribution in [-0.2, 0) is 5.54 Å². The molecule has 3 rings (SSSR count). The number of fused-ring (bicyclic) bond motifs is 1. The Bertz CT molecular complexity index is 483. The summed E-state index contributed by atoms with van der Waals surface area (Å²) in [6, 6.07) is 1.86. The summed E-state index contributed by atoms with van der Waals surface area (Å²) in [4.78, 5) is 0. The van der Waals surface area contributed by atoms with E-state index < -0.39 is 0 Å². The van der Waals surface area contributed by atoms with E-state index in [1.807, 2.05) is 13.0 Å². The molecule has 2 aliphatic rings. The third-order valence-electron chi connectivity index (χ3n) is 3.97. The van der Waals surface area contributed by atoms with E-state index in [9.17, 15) is 0 Å². The molecule has 98 valence electrons. The summed E-state index contributed by atoms with van der Waals surface area (Å²) in [5, 5.41) is 0.707. The van der Waals surface area contributed by atoms with E-state index in [1.165, 1.54) is 6.42 Å². The maximum atomic E-state index is 6.42. The zero-order valence-electron chi connectivity index (χ0n) is 10.6. The quantitative estimate of drug-likeness (QED) is 0.850. The number of benzene rings is 1. The smallest absolute Gasteiger partial charge is 0.164 e. The Balaban J connectivity index is 2.13. The molecule has 0 aromatic heterocycles. The second-order valence-corrected chi connectivity index (χ2v) is 5.65. The van der Waals surface area contributed by atoms with Crippen LogP contribution in [0.5, 0.6) is 11.5 Å². The Morgan fingerprint density at radius 2 is 1.94 bits per heavy atom. The van der Waals surface area contributed by atoms with Crippen molar-refractivity contribution in [3.8, 4) is 11.5 Å². The van der Waals surface area contributed by atoms with Crippen LogP contribution in [0.15, 0.2) is 6.07 Å². The fraction of sp³-hybridized carbons (Fsp3) is 0.571. The van der Waals surface area contributed by atoms with Gasteiger partial charge in [-0.2, -0.15) is 0 Å². The van der Waals surface area contributed by atoms with E-state index in [2.05, 4.69) is 0 Å². The number of rotatable bonds is 1. The molecule has 2 N–H and O–H groups in total. The maximum absolute atomic E-state index is 6.42. The molecule has 18 heavy (non-hydrogen) atoms. The number of halogens is 1. The second kappa shape index (κ2) is 4.32. The average Bonchev–Trinajstić information content (AvgIpc) is 2.52. The zero-order chi connectivity index (χ0) is 12.8. The van der Waals surface area contributed by atoms with Crippen molar-refractivity contribution in [2.24, 2.45) is 5.73 Å². The molecule has 0 bridgehead atoms. The second-order valence-electron chi connectivity index (χ2n) is 5.25. The highest BCUT2D eigenvalue weighted by molar-refractivity contribution is 6.31. The summed E-state index contributed by atoms with van der Waals surface area (Å²) in [5.41, 5.74) is 8.23. The van der Waals surface area contributed by atoms with Gasteiger partial charge in [-0.05, 0) is 31.7 Å². The highest BCUT2D eigenvalue weighted by Gasteiger charge is 2.38. The topological polar surface area (TPSA) is 44.5 Å². The van der Waals surface area contributed by atoms with Gasteiger partial charge in [-0.1, -0.05) is 11.6 Å². The fourth-order valence-corrected chi connectivity index (χ4v) is 3.28. The first-order chi connectivity index (χ1) is 8.62. The molecule has 0 radical (unpaired) electrons. The first-order valence-electron chi connectivity index (χ1n) is 6.50. The van der Waals surface area contributed by atoms with Crippen molar-refractivity contribution in [2.75, 3.05) is 13.2 Å². The molecule has 0 amide bonds. The largest absolute Gasteiger partial charge is 0.489 e. The van der Waals surface area contributed by atoms with Gasteiger partial charge in [0.1, 0.15) is 0 Å². The third kappa shape index (κ3) is 1.77. The van der Waals surface area contributed by atoms with Crippen LogP contribution >= 0.6 is 11.6 Å². The lowest BCUT2D eigenvalue weighted by Crippen LogP contribution is -2.44. The number of ether oxygens (including phenoxy) is 2. The molecular formula is C14H18ClNO2. The molecule has 0 unspecified atom stereocenters. The SMILES string of the molecule is Cc1c2c(cc(Cl)c1C1(N)CCC1)OCCCO2. The van der Waals surface area contributed by atoms with Crippen LogP contribution in [0, 0.1) is 6.92 Å². The van der Waals surface area contributed by atoms with E-state index >= 15 is 0 Å². The molecule has 0 saturated heterocycles. The molecule has 0 atom stereocenters. The lowest BCUT2D eigenvalue weighted by Gasteiger charge is -2.40. The molecule has 1 aromatic carbocycles. The van der Waals surface area contributed by atoms with Crippen molar-refractivity contribution < 1.29 is 9.47 Å². The summed E-state index contributed by atoms with van der Waals surface area (Å²) in [7, 11) is 0. The van der Waals surface area contributed by atoms with Gasteiger partial charge in [0, 0.05) is 28.6 Å². The molecule has 3 nitrogen and oxygen atoms in total. The average molecular weight is 268 g/mol. The van der Waals surface area contributed by atoms with Gasteiger partial charge in [0.05, 0.1) is 13.2 Å². The maximum Gasteiger partial charge on any atom is 0.164 e. The monoisotopic (exact) mass is 267 g/mol. The normalized spacial score (nSPS) is 21.1. The molecule has 1 heterocycles. The van der Waals surface area contributed by atoms with Crippen molar-refractivity contribution in [1.82, 2.24) is 0 Å². The minimum atomic E-state index is -0.272. The van der Waals surface area contributed by atoms with Gasteiger partial charge in [0.25, 0.3) is 0 Å². The molecule has 4 heteroatoms. The minimum absolute atomic E-state index is 0.272. The van der Waals surface area contributed by atoms with Crippen molar-refractivity contribution in [1.29, 1.82) is 0 Å². The number of hydrogen-bond acceptors (Lipinski definition) is 3. The first-order valence-corrected chi connectivity index (χ1v) is 6.88. The lowest BCUT2D eigenvalue weighted by molar-refractivity contribution is 0.250. The number of hydrogen-bond donors (Lipinski definition) is 1. The standard InChI is InChI=1S/C14H18ClNO2/c1-9-12(14(16)4-2-5-14)10(15)8-11-13(9)18-7-3-6-17-11/h8H,2-7,16H2,1H3. The van der Waals surface area contributed by atoms with Gasteiger partial charge in [-0.3, -0.25) is 0 Å². The summed E-state index contributed by atoms with van der Waals surface area (Å²) in [6.45, 7) is 3.39. The van der Waals surface area contributed by atoms with Gasteiger partial charge in [0.15, 0.2) is 11.5 Å². The summed E-state index contributed by atoms with van der Waals surface area (Å²) < 4.78 is 11.5. The van der Waals surface area contributed by atoms with Crippen LogP contribution in [0.1, 0.15) is 36.8 Å². The molecule has 1 aliphatic carbocycles. The Morgan fingerprint density at radius 1 is 1.22 bits per heavy atom. The van der Waals surface area contributed by atoms with Gasteiger partial charge in [-0.15, -0.1) is 0 Å². The Morgan fingerprint density at radius 3 is 2.61 bits per heavy atom. The third-order valence-corrected chi connectivity index (χ3v) is 4.27. The van der Waals surface area contributed by atoms with Crippen LogP contribution in [0.2, 0.25) is 5.02 Å². The Kier molecular flexibility index (Phi) is 2.91. The summed E-state index contributed by atoms with van der Waals surface area (Å²) >= 11 is 6.40. The Hall–Kier alpha value is -0.930. The van der Waals surface area contributed by atoms with Crippen molar-refractivity contribution in [2.45, 2.75) is 38.1 Å². The van der Waals surface area contributed by atoms with Crippen LogP contribution in [0.3, 0.4) is 0 Å². The number of nitrogens with two attached hydrogens (primary N) is 1. The Labute approximate surface area is 112 Å². The van der Waals surface area contributed by atoms with Gasteiger partial charge < -0.3 is 15.2 Å². The van der Waals surface area contributed by atoms with E-state index in [0.29, 0.717) is 18.2 Å². The molecule has 1 fully saturated rings. The van der Waals surface area contributed by atoms with Crippen molar-refractivity contribution in [3.05, 3.63) is 22.2 Å². The van der Waals surface area contributed by atoms with Crippen molar-refractivity contribution >= 4 is 11.6 Å². The molecule has 1 saturated carbocycles. The predicted octanol–water partition coefficient (Wildman–Crippen LogP) is 3.15. The first kappa shape index (κ1) is 12.1. The molecule has 1 aliphatic heterocycles. The van der Waals surface area contributed by atoms with Crippen LogP contribution in [0.25, 0.3) is 0 Å². The van der Waals surface area contributed by atoms with Crippen LogP contribution in [-0.4, -0.2) is 13.2 Å². The van der Waals surface area contributed by atoms with Gasteiger partial charge in [-0.25, -0.2) is 0 Å². The van der Waals surface area contributed by atoms with Gasteiger partial charge >= 0.3 is 0 Å². The van der Waals surface area contributed by atoms with Gasteiger partial charge in [0.2, 0.25) is 0 Å². The van der Waals surface area contributed by atoms with E-state index in [4.69, 9.17) is 26.8 Å². The minimum Gasteiger partial charge on any atom is -0.489 e. The van der Waals surface area contributed by atoms with E-state index in [-0.39, 0.29) is 5.54 Å². The van der Waals surface area contributed by atoms with Crippen molar-refractivity contribution in [3.63, 3.8) is 0 Å². The van der Waals surface area contributed by atoms with Crippen LogP contribution < -0.4 is 15.2 Å². The van der Waals surface area contributed by atoms with E-state index in [1.54, 1.807) is 0 Å². The molecule has 0 spiro atoms. The summed E-state index contributed by atoms with van der Waals surface area (Å²) in [5.74, 6) is 1.57. The molecule has 1 aromatic rings. The zero-order valence-corrected chi connectivity index (χ0v) is 11.3. The summed E-state index contributed by atoms with van der Waals surface area (Å²) in [6.07, 6.45) is 4.05. The van der Waals surface area contributed by atoms with Crippen LogP contribution in [0.4, 0.5) is 0 Å². The fourth-order valence-electron chi connectivity index (χ4n) is 2.85. The highest BCUT2D eigenvalue weighted by atomic mass is 35.5. The highest BCUT2D eigenvalue weighted by Crippen LogP contribution is 2.48. The van der Waals surface area contributed by atoms with E-state index in [0.717, 1.165) is 41.9 Å². The predicted molar refractivity (Wildman–Crippen MR) is 71.5 cm³/mol. The lowest BCUT2D eigenvalue weighted by atomic mass is 9.71.